The van der Waals surface area contributed by atoms with Crippen molar-refractivity contribution in [1.29, 1.82) is 0 Å². The van der Waals surface area contributed by atoms with Crippen LogP contribution in [0.1, 0.15) is 41.5 Å². The van der Waals surface area contributed by atoms with Crippen molar-refractivity contribution in [2.45, 2.75) is 53.1 Å². The van der Waals surface area contributed by atoms with Crippen LogP contribution in [0.4, 0.5) is 4.79 Å². The van der Waals surface area contributed by atoms with E-state index in [4.69, 9.17) is 0 Å². The number of rotatable bonds is 4. The summed E-state index contributed by atoms with van der Waals surface area (Å²) in [6.45, 7) is 14.2. The topological polar surface area (TPSA) is 72.9 Å². The Morgan fingerprint density at radius 2 is 1.81 bits per heavy atom. The van der Waals surface area contributed by atoms with Crippen molar-refractivity contribution in [2.24, 2.45) is 5.41 Å². The van der Waals surface area contributed by atoms with Gasteiger partial charge in [0.25, 0.3) is 0 Å². The Morgan fingerprint density at radius 1 is 1.24 bits per heavy atom. The molecule has 0 bridgehead atoms. The Hall–Kier alpha value is -1.30. The van der Waals surface area contributed by atoms with Crippen LogP contribution in [0.5, 0.6) is 0 Å². The maximum Gasteiger partial charge on any atom is 0.317 e. The van der Waals surface area contributed by atoms with E-state index in [9.17, 15) is 14.7 Å². The van der Waals surface area contributed by atoms with E-state index in [2.05, 4.69) is 24.1 Å². The number of urea groups is 1. The van der Waals surface area contributed by atoms with Crippen molar-refractivity contribution in [3.8, 4) is 0 Å². The van der Waals surface area contributed by atoms with Crippen LogP contribution >= 0.6 is 0 Å². The van der Waals surface area contributed by atoms with E-state index < -0.39 is 16.9 Å². The van der Waals surface area contributed by atoms with Crippen LogP contribution in [0.15, 0.2) is 0 Å². The highest BCUT2D eigenvalue weighted by atomic mass is 16.4. The summed E-state index contributed by atoms with van der Waals surface area (Å²) in [5.41, 5.74) is -1.87. The van der Waals surface area contributed by atoms with Gasteiger partial charge in [0, 0.05) is 25.7 Å². The Morgan fingerprint density at radius 3 is 2.24 bits per heavy atom. The lowest BCUT2D eigenvalue weighted by Gasteiger charge is -2.43. The maximum absolute atomic E-state index is 12.4. The molecule has 2 amide bonds. The second-order valence-electron chi connectivity index (χ2n) is 6.91. The van der Waals surface area contributed by atoms with Gasteiger partial charge >= 0.3 is 12.0 Å². The average Bonchev–Trinajstić information content (AvgIpc) is 2.37. The lowest BCUT2D eigenvalue weighted by molar-refractivity contribution is -0.150. The maximum atomic E-state index is 12.4. The molecule has 0 radical (unpaired) electrons. The summed E-state index contributed by atoms with van der Waals surface area (Å²) in [6, 6.07) is 0.141. The second-order valence-corrected chi connectivity index (χ2v) is 6.91. The summed E-state index contributed by atoms with van der Waals surface area (Å²) in [5, 5.41) is 12.2. The van der Waals surface area contributed by atoms with Gasteiger partial charge in [-0.3, -0.25) is 9.69 Å². The monoisotopic (exact) mass is 299 g/mol. The van der Waals surface area contributed by atoms with Crippen molar-refractivity contribution in [1.82, 2.24) is 15.1 Å². The normalized spacial score (nSPS) is 21.2. The fraction of sp³-hybridized carbons (Fsp3) is 0.867. The Bertz CT molecular complexity index is 407. The number of nitrogens with zero attached hydrogens (tertiary/aromatic N) is 2. The van der Waals surface area contributed by atoms with Gasteiger partial charge < -0.3 is 15.3 Å². The molecule has 2 N–H and O–H groups in total. The smallest absolute Gasteiger partial charge is 0.317 e. The minimum absolute atomic E-state index is 0.183. The average molecular weight is 299 g/mol. The van der Waals surface area contributed by atoms with E-state index >= 15 is 0 Å². The van der Waals surface area contributed by atoms with Gasteiger partial charge in [-0.1, -0.05) is 6.92 Å². The van der Waals surface area contributed by atoms with Crippen molar-refractivity contribution in [3.05, 3.63) is 0 Å². The van der Waals surface area contributed by atoms with Crippen LogP contribution in [0.3, 0.4) is 0 Å². The number of hydrogen-bond donors (Lipinski definition) is 2. The first-order valence-corrected chi connectivity index (χ1v) is 7.57. The van der Waals surface area contributed by atoms with Gasteiger partial charge in [0.05, 0.1) is 11.0 Å². The third-order valence-corrected chi connectivity index (χ3v) is 4.98. The molecule has 1 aliphatic rings. The zero-order chi connectivity index (χ0) is 16.4. The third kappa shape index (κ3) is 3.67. The molecular formula is C15H29N3O3. The van der Waals surface area contributed by atoms with Gasteiger partial charge in [-0.2, -0.15) is 0 Å². The molecule has 6 heteroatoms. The van der Waals surface area contributed by atoms with E-state index in [0.717, 1.165) is 13.1 Å². The number of piperazine rings is 1. The third-order valence-electron chi connectivity index (χ3n) is 4.98. The number of likely N-dealkylation sites (N-methyl/N-ethyl adjacent to an activating group) is 1. The fourth-order valence-electron chi connectivity index (χ4n) is 2.42. The van der Waals surface area contributed by atoms with E-state index in [0.29, 0.717) is 19.1 Å². The molecule has 6 nitrogen and oxygen atoms in total. The van der Waals surface area contributed by atoms with Crippen molar-refractivity contribution in [2.75, 3.05) is 26.2 Å². The predicted octanol–water partition coefficient (Wildman–Crippen LogP) is 1.61. The molecule has 1 atom stereocenters. The van der Waals surface area contributed by atoms with Gasteiger partial charge in [-0.05, 0) is 41.2 Å². The van der Waals surface area contributed by atoms with Gasteiger partial charge in [0.2, 0.25) is 0 Å². The van der Waals surface area contributed by atoms with Crippen LogP contribution < -0.4 is 5.32 Å². The molecule has 1 unspecified atom stereocenters. The molecule has 0 aromatic carbocycles. The summed E-state index contributed by atoms with van der Waals surface area (Å²) in [6.07, 6.45) is 0. The molecule has 1 heterocycles. The lowest BCUT2D eigenvalue weighted by Crippen LogP contribution is -2.62. The van der Waals surface area contributed by atoms with Gasteiger partial charge in [0.1, 0.15) is 0 Å². The highest BCUT2D eigenvalue weighted by Crippen LogP contribution is 2.31. The largest absolute Gasteiger partial charge is 0.481 e. The first-order chi connectivity index (χ1) is 9.52. The van der Waals surface area contributed by atoms with Crippen LogP contribution in [-0.4, -0.2) is 64.7 Å². The fourth-order valence-corrected chi connectivity index (χ4v) is 2.42. The number of carboxylic acid groups (broad SMARTS) is 1. The van der Waals surface area contributed by atoms with Crippen molar-refractivity contribution < 1.29 is 14.7 Å². The molecule has 1 rings (SSSR count). The molecule has 1 saturated heterocycles. The molecule has 0 saturated carbocycles. The van der Waals surface area contributed by atoms with Crippen LogP contribution in [-0.2, 0) is 4.79 Å². The molecule has 0 spiro atoms. The predicted molar refractivity (Wildman–Crippen MR) is 82.3 cm³/mol. The summed E-state index contributed by atoms with van der Waals surface area (Å²) in [5.74, 6) is -0.919. The van der Waals surface area contributed by atoms with E-state index in [1.807, 2.05) is 0 Å². The summed E-state index contributed by atoms with van der Waals surface area (Å²) in [7, 11) is 0. The summed E-state index contributed by atoms with van der Waals surface area (Å²) < 4.78 is 0. The summed E-state index contributed by atoms with van der Waals surface area (Å²) >= 11 is 0. The first-order valence-electron chi connectivity index (χ1n) is 7.57. The molecule has 1 fully saturated rings. The minimum Gasteiger partial charge on any atom is -0.481 e. The quantitative estimate of drug-likeness (QED) is 0.827. The highest BCUT2D eigenvalue weighted by Gasteiger charge is 2.45. The molecule has 0 aromatic heterocycles. The standard InChI is InChI=1S/C15H29N3O3/c1-7-17-8-9-18(10-11(17)2)13(21)16-15(5,6)14(3,4)12(19)20/h11H,7-10H2,1-6H3,(H,16,21)(H,19,20). The SMILES string of the molecule is CCN1CCN(C(=O)NC(C)(C)C(C)(C)C(=O)O)CC1C. The number of carboxylic acids is 1. The molecular weight excluding hydrogens is 270 g/mol. The molecule has 1 aliphatic heterocycles. The number of carbonyl (C=O) groups excluding carboxylic acids is 1. The number of hydrogen-bond acceptors (Lipinski definition) is 3. The van der Waals surface area contributed by atoms with E-state index in [1.54, 1.807) is 32.6 Å². The van der Waals surface area contributed by atoms with E-state index in [-0.39, 0.29) is 6.03 Å². The number of nitrogens with one attached hydrogen (secondary N) is 1. The van der Waals surface area contributed by atoms with E-state index in [1.165, 1.54) is 0 Å². The Balaban J connectivity index is 2.71. The molecule has 0 aliphatic carbocycles. The summed E-state index contributed by atoms with van der Waals surface area (Å²) in [4.78, 5) is 27.9. The first kappa shape index (κ1) is 17.8. The Labute approximate surface area is 127 Å². The second kappa shape index (κ2) is 6.22. The molecule has 122 valence electrons. The Kier molecular flexibility index (Phi) is 5.25. The molecule has 0 aromatic rings. The van der Waals surface area contributed by atoms with Gasteiger partial charge in [0.15, 0.2) is 0 Å². The number of aliphatic carboxylic acids is 1. The minimum atomic E-state index is -1.04. The highest BCUT2D eigenvalue weighted by molar-refractivity contribution is 5.79. The number of carbonyl (C=O) groups is 2. The van der Waals surface area contributed by atoms with Crippen molar-refractivity contribution >= 4 is 12.0 Å². The van der Waals surface area contributed by atoms with Crippen molar-refractivity contribution in [3.63, 3.8) is 0 Å². The zero-order valence-corrected chi connectivity index (χ0v) is 14.1. The van der Waals surface area contributed by atoms with Crippen LogP contribution in [0, 0.1) is 5.41 Å². The number of amides is 2. The van der Waals surface area contributed by atoms with Gasteiger partial charge in [-0.15, -0.1) is 0 Å². The zero-order valence-electron chi connectivity index (χ0n) is 14.1. The lowest BCUT2D eigenvalue weighted by atomic mass is 9.74. The van der Waals surface area contributed by atoms with Gasteiger partial charge in [-0.25, -0.2) is 4.79 Å². The molecule has 21 heavy (non-hydrogen) atoms. The van der Waals surface area contributed by atoms with Crippen LogP contribution in [0.2, 0.25) is 0 Å². The van der Waals surface area contributed by atoms with Crippen LogP contribution in [0.25, 0.3) is 0 Å².